The van der Waals surface area contributed by atoms with Gasteiger partial charge in [0.25, 0.3) is 5.56 Å². The lowest BCUT2D eigenvalue weighted by Gasteiger charge is -2.41. The maximum atomic E-state index is 12.7. The topological polar surface area (TPSA) is 90.6 Å². The fourth-order valence-electron chi connectivity index (χ4n) is 4.60. The molecule has 8 nitrogen and oxygen atoms in total. The van der Waals surface area contributed by atoms with E-state index in [1.807, 2.05) is 18.7 Å². The van der Waals surface area contributed by atoms with Gasteiger partial charge in [-0.25, -0.2) is 9.78 Å². The molecule has 0 saturated carbocycles. The Labute approximate surface area is 159 Å². The Morgan fingerprint density at radius 3 is 2.78 bits per heavy atom. The summed E-state index contributed by atoms with van der Waals surface area (Å²) in [5, 5.41) is 2.99. The fraction of sp³-hybridized carbons (Fsp3) is 0.737. The summed E-state index contributed by atoms with van der Waals surface area (Å²) in [5.74, 6) is 0.645. The van der Waals surface area contributed by atoms with Gasteiger partial charge in [0.15, 0.2) is 0 Å². The van der Waals surface area contributed by atoms with Crippen molar-refractivity contribution in [3.63, 3.8) is 0 Å². The molecule has 1 unspecified atom stereocenters. The summed E-state index contributed by atoms with van der Waals surface area (Å²) >= 11 is 0. The first-order chi connectivity index (χ1) is 13.0. The number of anilines is 1. The average molecular weight is 375 g/mol. The molecule has 2 N–H and O–H groups in total. The zero-order valence-electron chi connectivity index (χ0n) is 16.2. The lowest BCUT2D eigenvalue weighted by Crippen LogP contribution is -2.52. The Balaban J connectivity index is 1.64. The highest BCUT2D eigenvalue weighted by atomic mass is 16.5. The highest BCUT2D eigenvalue weighted by molar-refractivity contribution is 5.74. The molecule has 0 aromatic carbocycles. The molecule has 1 aromatic heterocycles. The Bertz CT molecular complexity index is 771. The molecule has 1 aliphatic carbocycles. The first-order valence-corrected chi connectivity index (χ1v) is 10.0. The summed E-state index contributed by atoms with van der Waals surface area (Å²) in [6, 6.07) is 0.0934. The van der Waals surface area contributed by atoms with Gasteiger partial charge in [-0.15, -0.1) is 0 Å². The van der Waals surface area contributed by atoms with Crippen LogP contribution in [0.25, 0.3) is 0 Å². The van der Waals surface area contributed by atoms with Gasteiger partial charge in [-0.3, -0.25) is 9.78 Å². The number of fused-ring (bicyclic) bond motifs is 2. The van der Waals surface area contributed by atoms with Crippen LogP contribution in [0.15, 0.2) is 4.79 Å². The van der Waals surface area contributed by atoms with E-state index in [4.69, 9.17) is 9.72 Å². The molecule has 148 valence electrons. The smallest absolute Gasteiger partial charge is 0.317 e. The zero-order valence-corrected chi connectivity index (χ0v) is 16.2. The van der Waals surface area contributed by atoms with Crippen LogP contribution >= 0.6 is 0 Å². The van der Waals surface area contributed by atoms with E-state index in [0.29, 0.717) is 25.7 Å². The number of H-pyrrole nitrogens is 1. The predicted molar refractivity (Wildman–Crippen MR) is 102 cm³/mol. The van der Waals surface area contributed by atoms with Crippen molar-refractivity contribution in [1.82, 2.24) is 20.2 Å². The average Bonchev–Trinajstić information content (AvgIpc) is 3.00. The molecule has 2 amide bonds. The number of morpholine rings is 1. The van der Waals surface area contributed by atoms with Gasteiger partial charge in [-0.05, 0) is 39.5 Å². The van der Waals surface area contributed by atoms with Crippen molar-refractivity contribution < 1.29 is 9.53 Å². The SMILES string of the molecule is CC(C)NC(=O)N1CCCC2(CCc3c2nc(N2CCOCC2)[nH]c3=O)C1. The summed E-state index contributed by atoms with van der Waals surface area (Å²) in [5.41, 5.74) is 1.49. The molecule has 1 spiro atoms. The second-order valence-electron chi connectivity index (χ2n) is 8.23. The number of likely N-dealkylation sites (tertiary alicyclic amines) is 1. The molecular formula is C19H29N5O3. The molecule has 4 rings (SSSR count). The van der Waals surface area contributed by atoms with Crippen molar-refractivity contribution in [1.29, 1.82) is 0 Å². The zero-order chi connectivity index (χ0) is 19.0. The minimum Gasteiger partial charge on any atom is -0.378 e. The molecule has 0 radical (unpaired) electrons. The number of amides is 2. The molecular weight excluding hydrogens is 346 g/mol. The number of rotatable bonds is 2. The van der Waals surface area contributed by atoms with Crippen molar-refractivity contribution in [3.8, 4) is 0 Å². The quantitative estimate of drug-likeness (QED) is 0.805. The number of aromatic amines is 1. The van der Waals surface area contributed by atoms with Crippen LogP contribution in [0, 0.1) is 0 Å². The maximum Gasteiger partial charge on any atom is 0.317 e. The first-order valence-electron chi connectivity index (χ1n) is 10.0. The maximum absolute atomic E-state index is 12.7. The van der Waals surface area contributed by atoms with Gasteiger partial charge in [0.2, 0.25) is 5.95 Å². The van der Waals surface area contributed by atoms with Crippen LogP contribution in [0.4, 0.5) is 10.7 Å². The predicted octanol–water partition coefficient (Wildman–Crippen LogP) is 1.00. The van der Waals surface area contributed by atoms with Gasteiger partial charge in [0.05, 0.1) is 18.9 Å². The summed E-state index contributed by atoms with van der Waals surface area (Å²) < 4.78 is 5.41. The van der Waals surface area contributed by atoms with Crippen molar-refractivity contribution in [2.45, 2.75) is 51.0 Å². The lowest BCUT2D eigenvalue weighted by molar-refractivity contribution is 0.121. The normalized spacial score (nSPS) is 25.1. The van der Waals surface area contributed by atoms with Crippen molar-refractivity contribution in [3.05, 3.63) is 21.6 Å². The van der Waals surface area contributed by atoms with Crippen molar-refractivity contribution in [2.24, 2.45) is 0 Å². The number of aromatic nitrogens is 2. The van der Waals surface area contributed by atoms with Crippen LogP contribution in [0.5, 0.6) is 0 Å². The van der Waals surface area contributed by atoms with Crippen LogP contribution in [0.2, 0.25) is 0 Å². The number of urea groups is 1. The lowest BCUT2D eigenvalue weighted by atomic mass is 9.77. The highest BCUT2D eigenvalue weighted by Gasteiger charge is 2.46. The second-order valence-corrected chi connectivity index (χ2v) is 8.23. The van der Waals surface area contributed by atoms with Crippen LogP contribution < -0.4 is 15.8 Å². The molecule has 27 heavy (non-hydrogen) atoms. The molecule has 3 aliphatic rings. The number of nitrogens with zero attached hydrogens (tertiary/aromatic N) is 3. The van der Waals surface area contributed by atoms with Crippen LogP contribution in [-0.2, 0) is 16.6 Å². The number of hydrogen-bond acceptors (Lipinski definition) is 5. The molecule has 0 bridgehead atoms. The number of piperidine rings is 1. The van der Waals surface area contributed by atoms with E-state index >= 15 is 0 Å². The molecule has 2 fully saturated rings. The Hall–Kier alpha value is -2.09. The summed E-state index contributed by atoms with van der Waals surface area (Å²) in [4.78, 5) is 37.1. The summed E-state index contributed by atoms with van der Waals surface area (Å²) in [6.45, 7) is 8.10. The highest BCUT2D eigenvalue weighted by Crippen LogP contribution is 2.43. The number of carbonyl (C=O) groups is 1. The van der Waals surface area contributed by atoms with Gasteiger partial charge < -0.3 is 19.9 Å². The molecule has 1 atom stereocenters. The third-order valence-electron chi connectivity index (χ3n) is 5.95. The third kappa shape index (κ3) is 3.42. The number of hydrogen-bond donors (Lipinski definition) is 2. The molecule has 8 heteroatoms. The summed E-state index contributed by atoms with van der Waals surface area (Å²) in [7, 11) is 0. The van der Waals surface area contributed by atoms with E-state index in [0.717, 1.165) is 56.6 Å². The Morgan fingerprint density at radius 1 is 1.26 bits per heavy atom. The number of ether oxygens (including phenoxy) is 1. The minimum absolute atomic E-state index is 0.0178. The van der Waals surface area contributed by atoms with E-state index in [1.165, 1.54) is 0 Å². The fourth-order valence-corrected chi connectivity index (χ4v) is 4.60. The molecule has 1 aromatic rings. The van der Waals surface area contributed by atoms with Crippen LogP contribution in [-0.4, -0.2) is 66.3 Å². The van der Waals surface area contributed by atoms with E-state index < -0.39 is 0 Å². The number of carbonyl (C=O) groups excluding carboxylic acids is 1. The van der Waals surface area contributed by atoms with Gasteiger partial charge >= 0.3 is 6.03 Å². The van der Waals surface area contributed by atoms with Gasteiger partial charge in [0.1, 0.15) is 0 Å². The second kappa shape index (κ2) is 7.14. The van der Waals surface area contributed by atoms with E-state index in [9.17, 15) is 9.59 Å². The van der Waals surface area contributed by atoms with Crippen molar-refractivity contribution in [2.75, 3.05) is 44.3 Å². The van der Waals surface area contributed by atoms with Gasteiger partial charge in [-0.1, -0.05) is 0 Å². The van der Waals surface area contributed by atoms with E-state index in [-0.39, 0.29) is 23.0 Å². The van der Waals surface area contributed by atoms with E-state index in [2.05, 4.69) is 15.2 Å². The molecule has 2 aliphatic heterocycles. The van der Waals surface area contributed by atoms with Crippen molar-refractivity contribution >= 4 is 12.0 Å². The first kappa shape index (κ1) is 18.3. The Morgan fingerprint density at radius 2 is 2.04 bits per heavy atom. The monoisotopic (exact) mass is 375 g/mol. The largest absolute Gasteiger partial charge is 0.378 e. The number of nitrogens with one attached hydrogen (secondary N) is 2. The summed E-state index contributed by atoms with van der Waals surface area (Å²) in [6.07, 6.45) is 3.54. The standard InChI is InChI=1S/C19H29N5O3/c1-13(2)20-18(26)24-7-3-5-19(12-24)6-4-14-15(19)21-17(22-16(14)25)23-8-10-27-11-9-23/h13H,3-12H2,1-2H3,(H,20,26)(H,21,22,25). The molecule has 3 heterocycles. The third-order valence-corrected chi connectivity index (χ3v) is 5.95. The van der Waals surface area contributed by atoms with E-state index in [1.54, 1.807) is 0 Å². The van der Waals surface area contributed by atoms with Gasteiger partial charge in [0, 0.05) is 43.2 Å². The van der Waals surface area contributed by atoms with Gasteiger partial charge in [-0.2, -0.15) is 0 Å². The van der Waals surface area contributed by atoms with Crippen LogP contribution in [0.3, 0.4) is 0 Å². The van der Waals surface area contributed by atoms with Crippen LogP contribution in [0.1, 0.15) is 44.4 Å². The molecule has 2 saturated heterocycles. The minimum atomic E-state index is -0.197. The Kier molecular flexibility index (Phi) is 4.84.